The SMILES string of the molecule is CCCC1CCC(C2CCC3CC(O[Si]C)(C(F)(F)F)CCC3C2)CC1. The van der Waals surface area contributed by atoms with E-state index < -0.39 is 11.8 Å². The van der Waals surface area contributed by atoms with E-state index in [1.165, 1.54) is 44.9 Å². The van der Waals surface area contributed by atoms with Crippen molar-refractivity contribution in [2.75, 3.05) is 0 Å². The maximum Gasteiger partial charge on any atom is 0.416 e. The van der Waals surface area contributed by atoms with Crippen LogP contribution in [-0.4, -0.2) is 21.5 Å². The first kappa shape index (κ1) is 20.7. The Labute approximate surface area is 159 Å². The topological polar surface area (TPSA) is 9.23 Å². The molecule has 0 heterocycles. The molecule has 3 rings (SSSR count). The maximum absolute atomic E-state index is 13.7. The number of rotatable bonds is 5. The highest BCUT2D eigenvalue weighted by molar-refractivity contribution is 6.25. The molecule has 5 heteroatoms. The van der Waals surface area contributed by atoms with Crippen LogP contribution in [0.4, 0.5) is 13.2 Å². The van der Waals surface area contributed by atoms with Crippen LogP contribution in [0.3, 0.4) is 0 Å². The Morgan fingerprint density at radius 2 is 1.54 bits per heavy atom. The summed E-state index contributed by atoms with van der Waals surface area (Å²) in [6, 6.07) is 0. The molecule has 150 valence electrons. The van der Waals surface area contributed by atoms with Crippen LogP contribution in [0, 0.1) is 29.6 Å². The van der Waals surface area contributed by atoms with Crippen molar-refractivity contribution in [3.63, 3.8) is 0 Å². The molecule has 0 aliphatic heterocycles. The van der Waals surface area contributed by atoms with Gasteiger partial charge in [-0.05, 0) is 87.5 Å². The van der Waals surface area contributed by atoms with Crippen LogP contribution in [0.25, 0.3) is 0 Å². The van der Waals surface area contributed by atoms with Gasteiger partial charge in [0, 0.05) is 0 Å². The first-order valence-corrected chi connectivity index (χ1v) is 12.2. The second-order valence-electron chi connectivity index (χ2n) is 9.20. The standard InChI is InChI=1S/C21H35F3OSi/c1-3-4-15-5-7-16(8-6-15)17-9-10-19-14-20(25-26-2,21(22,23)24)12-11-18(19)13-17/h15-19H,3-14H2,1-2H3. The van der Waals surface area contributed by atoms with Gasteiger partial charge >= 0.3 is 6.18 Å². The molecule has 0 N–H and O–H groups in total. The van der Waals surface area contributed by atoms with Crippen molar-refractivity contribution < 1.29 is 17.6 Å². The summed E-state index contributed by atoms with van der Waals surface area (Å²) < 4.78 is 46.4. The van der Waals surface area contributed by atoms with Gasteiger partial charge in [-0.1, -0.05) is 32.6 Å². The smallest absolute Gasteiger partial charge is 0.404 e. The van der Waals surface area contributed by atoms with E-state index in [1.54, 1.807) is 6.55 Å². The van der Waals surface area contributed by atoms with Crippen LogP contribution < -0.4 is 0 Å². The Hall–Kier alpha value is -0.0331. The van der Waals surface area contributed by atoms with E-state index >= 15 is 0 Å². The number of hydrogen-bond acceptors (Lipinski definition) is 1. The normalized spacial score (nSPS) is 41.7. The summed E-state index contributed by atoms with van der Waals surface area (Å²) in [6.07, 6.45) is 8.32. The van der Waals surface area contributed by atoms with Gasteiger partial charge in [-0.25, -0.2) is 0 Å². The zero-order valence-electron chi connectivity index (χ0n) is 16.4. The van der Waals surface area contributed by atoms with E-state index in [4.69, 9.17) is 4.43 Å². The van der Waals surface area contributed by atoms with Crippen molar-refractivity contribution in [1.29, 1.82) is 0 Å². The van der Waals surface area contributed by atoms with E-state index in [-0.39, 0.29) is 28.5 Å². The highest BCUT2D eigenvalue weighted by atomic mass is 28.2. The summed E-state index contributed by atoms with van der Waals surface area (Å²) in [7, 11) is -0.0891. The van der Waals surface area contributed by atoms with E-state index in [0.29, 0.717) is 12.3 Å². The number of hydrogen-bond donors (Lipinski definition) is 0. The molecule has 0 amide bonds. The van der Waals surface area contributed by atoms with Gasteiger partial charge in [-0.15, -0.1) is 0 Å². The van der Waals surface area contributed by atoms with Gasteiger partial charge in [-0.3, -0.25) is 0 Å². The Bertz CT molecular complexity index is 447. The second-order valence-corrected chi connectivity index (χ2v) is 9.82. The summed E-state index contributed by atoms with van der Waals surface area (Å²) in [4.78, 5) is 0. The van der Waals surface area contributed by atoms with E-state index in [9.17, 15) is 13.2 Å². The highest BCUT2D eigenvalue weighted by Gasteiger charge is 2.59. The van der Waals surface area contributed by atoms with Crippen LogP contribution in [0.15, 0.2) is 0 Å². The molecule has 3 fully saturated rings. The molecule has 4 unspecified atom stereocenters. The lowest BCUT2D eigenvalue weighted by Crippen LogP contribution is -2.54. The maximum atomic E-state index is 13.7. The lowest BCUT2D eigenvalue weighted by atomic mass is 9.60. The minimum atomic E-state index is -4.23. The third kappa shape index (κ3) is 4.34. The predicted octanol–water partition coefficient (Wildman–Crippen LogP) is 6.79. The first-order valence-electron chi connectivity index (χ1n) is 10.8. The molecule has 0 aromatic rings. The molecule has 0 spiro atoms. The summed E-state index contributed by atoms with van der Waals surface area (Å²) >= 11 is 0. The molecule has 2 radical (unpaired) electrons. The fourth-order valence-corrected chi connectivity index (χ4v) is 7.01. The molecule has 3 aliphatic rings. The Balaban J connectivity index is 1.55. The highest BCUT2D eigenvalue weighted by Crippen LogP contribution is 2.54. The largest absolute Gasteiger partial charge is 0.416 e. The monoisotopic (exact) mass is 388 g/mol. The summed E-state index contributed by atoms with van der Waals surface area (Å²) in [5, 5.41) is 0. The molecule has 26 heavy (non-hydrogen) atoms. The van der Waals surface area contributed by atoms with Crippen LogP contribution in [-0.2, 0) is 4.43 Å². The molecule has 4 atom stereocenters. The second kappa shape index (κ2) is 8.55. The minimum absolute atomic E-state index is 0.0891. The molecule has 0 aromatic carbocycles. The number of alkyl halides is 3. The summed E-state index contributed by atoms with van der Waals surface area (Å²) in [6.45, 7) is 3.99. The molecule has 3 saturated carbocycles. The third-order valence-corrected chi connectivity index (χ3v) is 8.36. The minimum Gasteiger partial charge on any atom is -0.404 e. The molecule has 1 nitrogen and oxygen atoms in total. The van der Waals surface area contributed by atoms with Gasteiger partial charge in [-0.2, -0.15) is 13.2 Å². The van der Waals surface area contributed by atoms with Gasteiger partial charge in [0.15, 0.2) is 5.60 Å². The van der Waals surface area contributed by atoms with E-state index in [2.05, 4.69) is 6.92 Å². The summed E-state index contributed by atoms with van der Waals surface area (Å²) in [5.41, 5.74) is -1.85. The van der Waals surface area contributed by atoms with Gasteiger partial charge in [0.1, 0.15) is 0 Å². The molecular weight excluding hydrogens is 353 g/mol. The zero-order chi connectivity index (χ0) is 18.8. The van der Waals surface area contributed by atoms with Gasteiger partial charge in [0.2, 0.25) is 9.76 Å². The lowest BCUT2D eigenvalue weighted by Gasteiger charge is -2.49. The lowest BCUT2D eigenvalue weighted by molar-refractivity contribution is -0.268. The van der Waals surface area contributed by atoms with E-state index in [0.717, 1.165) is 30.6 Å². The van der Waals surface area contributed by atoms with Crippen molar-refractivity contribution in [2.24, 2.45) is 29.6 Å². The molecule has 0 saturated heterocycles. The van der Waals surface area contributed by atoms with Crippen molar-refractivity contribution in [1.82, 2.24) is 0 Å². The number of halogens is 3. The number of fused-ring (bicyclic) bond motifs is 1. The molecular formula is C21H35F3OSi. The average molecular weight is 389 g/mol. The quantitative estimate of drug-likeness (QED) is 0.471. The Morgan fingerprint density at radius 1 is 0.923 bits per heavy atom. The van der Waals surface area contributed by atoms with E-state index in [1.807, 2.05) is 0 Å². The van der Waals surface area contributed by atoms with Crippen molar-refractivity contribution in [2.45, 2.75) is 102 Å². The zero-order valence-corrected chi connectivity index (χ0v) is 17.4. The molecule has 0 bridgehead atoms. The van der Waals surface area contributed by atoms with Crippen molar-refractivity contribution in [3.8, 4) is 0 Å². The molecule has 0 aromatic heterocycles. The van der Waals surface area contributed by atoms with Crippen molar-refractivity contribution in [3.05, 3.63) is 0 Å². The average Bonchev–Trinajstić information content (AvgIpc) is 2.61. The fraction of sp³-hybridized carbons (Fsp3) is 1.00. The molecule has 3 aliphatic carbocycles. The van der Waals surface area contributed by atoms with Crippen LogP contribution in [0.2, 0.25) is 6.55 Å². The van der Waals surface area contributed by atoms with Gasteiger partial charge in [0.25, 0.3) is 0 Å². The van der Waals surface area contributed by atoms with Crippen LogP contribution in [0.1, 0.15) is 84.0 Å². The fourth-order valence-electron chi connectivity index (χ4n) is 6.32. The van der Waals surface area contributed by atoms with Crippen molar-refractivity contribution >= 4 is 9.76 Å². The van der Waals surface area contributed by atoms with Gasteiger partial charge in [0.05, 0.1) is 0 Å². The van der Waals surface area contributed by atoms with Crippen LogP contribution in [0.5, 0.6) is 0 Å². The predicted molar refractivity (Wildman–Crippen MR) is 100 cm³/mol. The summed E-state index contributed by atoms with van der Waals surface area (Å²) in [5.74, 6) is 3.26. The first-order chi connectivity index (χ1) is 12.4. The van der Waals surface area contributed by atoms with Crippen LogP contribution >= 0.6 is 0 Å². The Morgan fingerprint density at radius 3 is 2.15 bits per heavy atom. The van der Waals surface area contributed by atoms with Gasteiger partial charge < -0.3 is 4.43 Å². The Kier molecular flexibility index (Phi) is 6.80. The third-order valence-electron chi connectivity index (χ3n) is 7.76.